The second kappa shape index (κ2) is 12.3. The van der Waals surface area contributed by atoms with E-state index in [9.17, 15) is 0 Å². The summed E-state index contributed by atoms with van der Waals surface area (Å²) < 4.78 is 5.74. The summed E-state index contributed by atoms with van der Waals surface area (Å²) in [5, 5.41) is 3.47. The van der Waals surface area contributed by atoms with Gasteiger partial charge >= 0.3 is 0 Å². The number of guanidine groups is 1. The van der Waals surface area contributed by atoms with Gasteiger partial charge in [0.25, 0.3) is 0 Å². The van der Waals surface area contributed by atoms with Gasteiger partial charge in [0, 0.05) is 32.8 Å². The second-order valence-electron chi connectivity index (χ2n) is 6.67. The molecule has 1 aliphatic carbocycles. The van der Waals surface area contributed by atoms with Crippen LogP contribution in [0.3, 0.4) is 0 Å². The van der Waals surface area contributed by atoms with Gasteiger partial charge in [-0.25, -0.2) is 0 Å². The zero-order valence-corrected chi connectivity index (χ0v) is 17.4. The van der Waals surface area contributed by atoms with Gasteiger partial charge in [0.2, 0.25) is 0 Å². The molecule has 136 valence electrons. The highest BCUT2D eigenvalue weighted by Gasteiger charge is 2.21. The van der Waals surface area contributed by atoms with Gasteiger partial charge in [0.1, 0.15) is 0 Å². The topological polar surface area (TPSA) is 36.9 Å². The minimum atomic E-state index is 0. The summed E-state index contributed by atoms with van der Waals surface area (Å²) in [7, 11) is 0. The summed E-state index contributed by atoms with van der Waals surface area (Å²) in [5.74, 6) is 2.04. The number of hydrogen-bond acceptors (Lipinski definition) is 2. The Kier molecular flexibility index (Phi) is 11.3. The number of likely N-dealkylation sites (tertiary alicyclic amines) is 1. The van der Waals surface area contributed by atoms with Gasteiger partial charge in [-0.15, -0.1) is 24.0 Å². The van der Waals surface area contributed by atoms with E-state index in [1.165, 1.54) is 38.5 Å². The zero-order valence-electron chi connectivity index (χ0n) is 15.1. The largest absolute Gasteiger partial charge is 0.378 e. The average Bonchev–Trinajstić information content (AvgIpc) is 2.56. The predicted octanol–water partition coefficient (Wildman–Crippen LogP) is 4.04. The standard InChI is InChI=1S/C18H35N3O.HI/c1-3-19-18(20-13-10-16-8-6-5-7-9-16)21-14-11-17(12-15-21)22-4-2;/h16-17H,3-15H2,1-2H3,(H,19,20);1H. The van der Waals surface area contributed by atoms with Gasteiger partial charge in [-0.05, 0) is 39.0 Å². The lowest BCUT2D eigenvalue weighted by Gasteiger charge is -2.34. The summed E-state index contributed by atoms with van der Waals surface area (Å²) in [6, 6.07) is 0. The summed E-state index contributed by atoms with van der Waals surface area (Å²) in [6.45, 7) is 9.15. The van der Waals surface area contributed by atoms with E-state index in [1.807, 2.05) is 0 Å². The maximum Gasteiger partial charge on any atom is 0.193 e. The van der Waals surface area contributed by atoms with Crippen molar-refractivity contribution in [3.63, 3.8) is 0 Å². The summed E-state index contributed by atoms with van der Waals surface area (Å²) in [5.41, 5.74) is 0. The van der Waals surface area contributed by atoms with Crippen LogP contribution < -0.4 is 5.32 Å². The normalized spacial score (nSPS) is 21.1. The first kappa shape index (κ1) is 21.0. The van der Waals surface area contributed by atoms with Crippen molar-refractivity contribution in [2.24, 2.45) is 10.9 Å². The smallest absolute Gasteiger partial charge is 0.193 e. The van der Waals surface area contributed by atoms with Crippen molar-refractivity contribution in [1.29, 1.82) is 0 Å². The fraction of sp³-hybridized carbons (Fsp3) is 0.944. The van der Waals surface area contributed by atoms with E-state index in [4.69, 9.17) is 9.73 Å². The molecule has 0 amide bonds. The molecule has 1 N–H and O–H groups in total. The van der Waals surface area contributed by atoms with Crippen LogP contribution in [-0.4, -0.2) is 49.7 Å². The number of ether oxygens (including phenoxy) is 1. The molecular formula is C18H36IN3O. The highest BCUT2D eigenvalue weighted by Crippen LogP contribution is 2.26. The molecule has 5 heteroatoms. The van der Waals surface area contributed by atoms with Crippen LogP contribution in [0.25, 0.3) is 0 Å². The molecule has 0 aromatic heterocycles. The molecule has 1 saturated heterocycles. The third-order valence-electron chi connectivity index (χ3n) is 5.00. The van der Waals surface area contributed by atoms with E-state index in [-0.39, 0.29) is 24.0 Å². The number of rotatable bonds is 6. The van der Waals surface area contributed by atoms with Crippen LogP contribution in [0, 0.1) is 5.92 Å². The van der Waals surface area contributed by atoms with Crippen LogP contribution in [0.4, 0.5) is 0 Å². The van der Waals surface area contributed by atoms with Crippen LogP contribution in [0.15, 0.2) is 4.99 Å². The van der Waals surface area contributed by atoms with Crippen molar-refractivity contribution in [3.05, 3.63) is 0 Å². The number of aliphatic imine (C=N–C) groups is 1. The van der Waals surface area contributed by atoms with Gasteiger partial charge in [-0.1, -0.05) is 32.1 Å². The number of halogens is 1. The number of nitrogens with zero attached hydrogens (tertiary/aromatic N) is 2. The lowest BCUT2D eigenvalue weighted by molar-refractivity contribution is 0.0263. The molecule has 2 rings (SSSR count). The van der Waals surface area contributed by atoms with E-state index in [0.29, 0.717) is 6.10 Å². The third-order valence-corrected chi connectivity index (χ3v) is 5.00. The molecule has 2 aliphatic rings. The molecule has 0 atom stereocenters. The average molecular weight is 437 g/mol. The van der Waals surface area contributed by atoms with E-state index >= 15 is 0 Å². The summed E-state index contributed by atoms with van der Waals surface area (Å²) in [6.07, 6.45) is 11.1. The molecule has 0 radical (unpaired) electrons. The van der Waals surface area contributed by atoms with Crippen LogP contribution >= 0.6 is 24.0 Å². The lowest BCUT2D eigenvalue weighted by Crippen LogP contribution is -2.47. The van der Waals surface area contributed by atoms with Gasteiger partial charge in [0.15, 0.2) is 5.96 Å². The summed E-state index contributed by atoms with van der Waals surface area (Å²) in [4.78, 5) is 7.31. The monoisotopic (exact) mass is 437 g/mol. The van der Waals surface area contributed by atoms with Crippen molar-refractivity contribution in [3.8, 4) is 0 Å². The Morgan fingerprint density at radius 3 is 2.39 bits per heavy atom. The maximum absolute atomic E-state index is 5.74. The first-order chi connectivity index (χ1) is 10.8. The number of nitrogens with one attached hydrogen (secondary N) is 1. The fourth-order valence-corrected chi connectivity index (χ4v) is 3.72. The molecule has 0 unspecified atom stereocenters. The molecule has 0 aromatic rings. The molecule has 0 spiro atoms. The van der Waals surface area contributed by atoms with Crippen LogP contribution in [-0.2, 0) is 4.74 Å². The highest BCUT2D eigenvalue weighted by atomic mass is 127. The molecule has 1 heterocycles. The SMILES string of the molecule is CCNC(=NCCC1CCCCC1)N1CCC(OCC)CC1.I. The molecule has 2 fully saturated rings. The van der Waals surface area contributed by atoms with Gasteiger partial charge in [-0.3, -0.25) is 4.99 Å². The minimum absolute atomic E-state index is 0. The van der Waals surface area contributed by atoms with Crippen LogP contribution in [0.1, 0.15) is 65.2 Å². The molecule has 4 nitrogen and oxygen atoms in total. The number of hydrogen-bond donors (Lipinski definition) is 1. The lowest BCUT2D eigenvalue weighted by atomic mass is 9.87. The third kappa shape index (κ3) is 7.59. The maximum atomic E-state index is 5.74. The van der Waals surface area contributed by atoms with Gasteiger partial charge in [-0.2, -0.15) is 0 Å². The Morgan fingerprint density at radius 1 is 1.09 bits per heavy atom. The Morgan fingerprint density at radius 2 is 1.78 bits per heavy atom. The Hall–Kier alpha value is -0.0400. The van der Waals surface area contributed by atoms with Crippen LogP contribution in [0.2, 0.25) is 0 Å². The first-order valence-corrected chi connectivity index (χ1v) is 9.48. The first-order valence-electron chi connectivity index (χ1n) is 9.48. The Labute approximate surface area is 159 Å². The quantitative estimate of drug-likeness (QED) is 0.387. The Balaban J connectivity index is 0.00000264. The highest BCUT2D eigenvalue weighted by molar-refractivity contribution is 14.0. The van der Waals surface area contributed by atoms with Gasteiger partial charge in [0.05, 0.1) is 6.10 Å². The van der Waals surface area contributed by atoms with Crippen molar-refractivity contribution < 1.29 is 4.74 Å². The minimum Gasteiger partial charge on any atom is -0.378 e. The van der Waals surface area contributed by atoms with E-state index < -0.39 is 0 Å². The van der Waals surface area contributed by atoms with Crippen molar-refractivity contribution in [2.75, 3.05) is 32.8 Å². The molecule has 0 aromatic carbocycles. The van der Waals surface area contributed by atoms with Crippen molar-refractivity contribution in [2.45, 2.75) is 71.3 Å². The van der Waals surface area contributed by atoms with Gasteiger partial charge < -0.3 is 15.0 Å². The Bertz CT molecular complexity index is 324. The van der Waals surface area contributed by atoms with E-state index in [2.05, 4.69) is 24.1 Å². The number of piperidine rings is 1. The van der Waals surface area contributed by atoms with Crippen LogP contribution in [0.5, 0.6) is 0 Å². The fourth-order valence-electron chi connectivity index (χ4n) is 3.72. The predicted molar refractivity (Wildman–Crippen MR) is 109 cm³/mol. The molecule has 1 saturated carbocycles. The van der Waals surface area contributed by atoms with E-state index in [0.717, 1.165) is 57.5 Å². The second-order valence-corrected chi connectivity index (χ2v) is 6.67. The van der Waals surface area contributed by atoms with Crippen molar-refractivity contribution in [1.82, 2.24) is 10.2 Å². The van der Waals surface area contributed by atoms with E-state index in [1.54, 1.807) is 0 Å². The molecule has 1 aliphatic heterocycles. The molecule has 23 heavy (non-hydrogen) atoms. The molecule has 0 bridgehead atoms. The zero-order chi connectivity index (χ0) is 15.6. The van der Waals surface area contributed by atoms with Crippen molar-refractivity contribution >= 4 is 29.9 Å². The molecular weight excluding hydrogens is 401 g/mol. The summed E-state index contributed by atoms with van der Waals surface area (Å²) >= 11 is 0.